The molecule has 0 saturated carbocycles. The molecule has 1 amide bonds. The van der Waals surface area contributed by atoms with Crippen LogP contribution in [0.5, 0.6) is 5.75 Å². The molecule has 0 spiro atoms. The first-order valence-electron chi connectivity index (χ1n) is 7.32. The lowest BCUT2D eigenvalue weighted by Gasteiger charge is -2.39. The Hall–Kier alpha value is -2.63. The molecule has 0 bridgehead atoms. The number of hydrogen-bond donors (Lipinski definition) is 1. The molecule has 2 aromatic rings. The summed E-state index contributed by atoms with van der Waals surface area (Å²) in [5.41, 5.74) is 0.679. The topological polar surface area (TPSA) is 67.3 Å². The molecule has 114 valence electrons. The van der Waals surface area contributed by atoms with Crippen molar-refractivity contribution in [2.24, 2.45) is 0 Å². The van der Waals surface area contributed by atoms with E-state index >= 15 is 0 Å². The second kappa shape index (κ2) is 6.43. The zero-order chi connectivity index (χ0) is 15.4. The molecule has 1 saturated heterocycles. The fourth-order valence-corrected chi connectivity index (χ4v) is 2.33. The van der Waals surface area contributed by atoms with Crippen LogP contribution in [0.25, 0.3) is 0 Å². The van der Waals surface area contributed by atoms with Gasteiger partial charge >= 0.3 is 0 Å². The van der Waals surface area contributed by atoms with Gasteiger partial charge in [-0.3, -0.25) is 4.79 Å². The Labute approximate surface area is 129 Å². The lowest BCUT2D eigenvalue weighted by molar-refractivity contribution is 0.0624. The highest BCUT2D eigenvalue weighted by Gasteiger charge is 2.31. The molecule has 3 rings (SSSR count). The molecule has 0 radical (unpaired) electrons. The number of carbonyl (C=O) groups excluding carboxylic acids is 1. The third-order valence-electron chi connectivity index (χ3n) is 3.48. The number of hydrogen-bond acceptors (Lipinski definition) is 5. The first kappa shape index (κ1) is 14.3. The second-order valence-corrected chi connectivity index (χ2v) is 5.08. The van der Waals surface area contributed by atoms with E-state index in [1.807, 2.05) is 19.1 Å². The smallest absolute Gasteiger partial charge is 0.254 e. The molecule has 0 atom stereocenters. The Kier molecular flexibility index (Phi) is 4.18. The molecule has 0 aliphatic carbocycles. The van der Waals surface area contributed by atoms with Crippen LogP contribution in [0, 0.1) is 0 Å². The van der Waals surface area contributed by atoms with Crippen molar-refractivity contribution in [3.8, 4) is 5.75 Å². The van der Waals surface area contributed by atoms with Crippen molar-refractivity contribution in [3.63, 3.8) is 0 Å². The summed E-state index contributed by atoms with van der Waals surface area (Å²) in [4.78, 5) is 22.4. The summed E-state index contributed by atoms with van der Waals surface area (Å²) >= 11 is 0. The van der Waals surface area contributed by atoms with E-state index in [2.05, 4.69) is 15.3 Å². The average Bonchev–Trinajstić information content (AvgIpc) is 2.52. The Morgan fingerprint density at radius 3 is 2.59 bits per heavy atom. The monoisotopic (exact) mass is 298 g/mol. The Balaban J connectivity index is 1.52. The van der Waals surface area contributed by atoms with Crippen LogP contribution in [0.15, 0.2) is 42.7 Å². The number of likely N-dealkylation sites (tertiary alicyclic amines) is 1. The number of nitrogens with one attached hydrogen (secondary N) is 1. The minimum Gasteiger partial charge on any atom is -0.494 e. The van der Waals surface area contributed by atoms with Gasteiger partial charge in [0.25, 0.3) is 5.91 Å². The van der Waals surface area contributed by atoms with Crippen LogP contribution in [0.1, 0.15) is 17.3 Å². The molecule has 1 aromatic heterocycles. The predicted octanol–water partition coefficient (Wildman–Crippen LogP) is 1.81. The highest BCUT2D eigenvalue weighted by atomic mass is 16.5. The number of rotatable bonds is 5. The number of amides is 1. The number of benzene rings is 1. The van der Waals surface area contributed by atoms with Crippen LogP contribution in [0.3, 0.4) is 0 Å². The molecule has 0 unspecified atom stereocenters. The van der Waals surface area contributed by atoms with Crippen LogP contribution in [0.4, 0.5) is 5.95 Å². The van der Waals surface area contributed by atoms with Crippen molar-refractivity contribution in [1.29, 1.82) is 0 Å². The third kappa shape index (κ3) is 3.16. The normalized spacial score (nSPS) is 14.3. The minimum atomic E-state index is 0.0371. The molecule has 2 heterocycles. The van der Waals surface area contributed by atoms with Crippen molar-refractivity contribution in [2.75, 3.05) is 25.0 Å². The summed E-state index contributed by atoms with van der Waals surface area (Å²) in [5.74, 6) is 1.42. The van der Waals surface area contributed by atoms with Crippen molar-refractivity contribution in [1.82, 2.24) is 14.9 Å². The molecular formula is C16H18N4O2. The largest absolute Gasteiger partial charge is 0.494 e. The van der Waals surface area contributed by atoms with E-state index in [1.54, 1.807) is 35.5 Å². The fraction of sp³-hybridized carbons (Fsp3) is 0.312. The summed E-state index contributed by atoms with van der Waals surface area (Å²) < 4.78 is 5.38. The number of aromatic nitrogens is 2. The minimum absolute atomic E-state index is 0.0371. The molecule has 6 heteroatoms. The van der Waals surface area contributed by atoms with Crippen molar-refractivity contribution >= 4 is 11.9 Å². The molecule has 22 heavy (non-hydrogen) atoms. The van der Waals surface area contributed by atoms with Gasteiger partial charge in [-0.05, 0) is 37.3 Å². The quantitative estimate of drug-likeness (QED) is 0.912. The van der Waals surface area contributed by atoms with E-state index in [0.29, 0.717) is 31.2 Å². The first-order chi connectivity index (χ1) is 10.8. The highest BCUT2D eigenvalue weighted by molar-refractivity contribution is 5.95. The fourth-order valence-electron chi connectivity index (χ4n) is 2.33. The summed E-state index contributed by atoms with van der Waals surface area (Å²) in [6.45, 7) is 3.87. The van der Waals surface area contributed by atoms with Crippen molar-refractivity contribution < 1.29 is 9.53 Å². The molecule has 1 aliphatic heterocycles. The second-order valence-electron chi connectivity index (χ2n) is 5.08. The van der Waals surface area contributed by atoms with Gasteiger partial charge in [-0.15, -0.1) is 0 Å². The van der Waals surface area contributed by atoms with Crippen LogP contribution in [-0.2, 0) is 0 Å². The van der Waals surface area contributed by atoms with E-state index in [4.69, 9.17) is 4.74 Å². The predicted molar refractivity (Wildman–Crippen MR) is 83.0 cm³/mol. The number of ether oxygens (including phenoxy) is 1. The van der Waals surface area contributed by atoms with Gasteiger partial charge in [0.1, 0.15) is 5.75 Å². The Morgan fingerprint density at radius 1 is 1.27 bits per heavy atom. The van der Waals surface area contributed by atoms with E-state index < -0.39 is 0 Å². The lowest BCUT2D eigenvalue weighted by atomic mass is 10.1. The average molecular weight is 298 g/mol. The SMILES string of the molecule is CCOc1ccc(C(=O)N2CC(Nc3ncccn3)C2)cc1. The van der Waals surface area contributed by atoms with Gasteiger partial charge in [0.2, 0.25) is 5.95 Å². The van der Waals surface area contributed by atoms with E-state index in [0.717, 1.165) is 5.75 Å². The zero-order valence-electron chi connectivity index (χ0n) is 12.4. The van der Waals surface area contributed by atoms with Gasteiger partial charge in [0, 0.05) is 31.0 Å². The molecule has 1 fully saturated rings. The van der Waals surface area contributed by atoms with Crippen LogP contribution in [0.2, 0.25) is 0 Å². The van der Waals surface area contributed by atoms with Gasteiger partial charge in [0.15, 0.2) is 0 Å². The maximum absolute atomic E-state index is 12.3. The number of nitrogens with zero attached hydrogens (tertiary/aromatic N) is 3. The van der Waals surface area contributed by atoms with E-state index in [9.17, 15) is 4.79 Å². The van der Waals surface area contributed by atoms with Crippen LogP contribution >= 0.6 is 0 Å². The summed E-state index contributed by atoms with van der Waals surface area (Å²) in [6, 6.07) is 9.22. The highest BCUT2D eigenvalue weighted by Crippen LogP contribution is 2.18. The zero-order valence-corrected chi connectivity index (χ0v) is 12.4. The van der Waals surface area contributed by atoms with E-state index in [1.165, 1.54) is 0 Å². The third-order valence-corrected chi connectivity index (χ3v) is 3.48. The molecule has 1 N–H and O–H groups in total. The number of carbonyl (C=O) groups is 1. The molecule has 1 aromatic carbocycles. The van der Waals surface area contributed by atoms with Crippen LogP contribution in [-0.4, -0.2) is 46.5 Å². The van der Waals surface area contributed by atoms with Crippen molar-refractivity contribution in [2.45, 2.75) is 13.0 Å². The lowest BCUT2D eigenvalue weighted by Crippen LogP contribution is -2.57. The molecule has 6 nitrogen and oxygen atoms in total. The maximum Gasteiger partial charge on any atom is 0.254 e. The van der Waals surface area contributed by atoms with Gasteiger partial charge in [-0.2, -0.15) is 0 Å². The Morgan fingerprint density at radius 2 is 1.95 bits per heavy atom. The maximum atomic E-state index is 12.3. The van der Waals surface area contributed by atoms with Crippen LogP contribution < -0.4 is 10.1 Å². The van der Waals surface area contributed by atoms with Gasteiger partial charge in [0.05, 0.1) is 12.6 Å². The van der Waals surface area contributed by atoms with E-state index in [-0.39, 0.29) is 11.9 Å². The van der Waals surface area contributed by atoms with Gasteiger partial charge in [-0.1, -0.05) is 0 Å². The Bertz CT molecular complexity index is 624. The standard InChI is InChI=1S/C16H18N4O2/c1-2-22-14-6-4-12(5-7-14)15(21)20-10-13(11-20)19-16-17-8-3-9-18-16/h3-9,13H,2,10-11H2,1H3,(H,17,18,19). The molecular weight excluding hydrogens is 280 g/mol. The number of anilines is 1. The summed E-state index contributed by atoms with van der Waals surface area (Å²) in [7, 11) is 0. The molecule has 1 aliphatic rings. The first-order valence-corrected chi connectivity index (χ1v) is 7.32. The summed E-state index contributed by atoms with van der Waals surface area (Å²) in [6.07, 6.45) is 3.38. The van der Waals surface area contributed by atoms with Crippen molar-refractivity contribution in [3.05, 3.63) is 48.3 Å². The van der Waals surface area contributed by atoms with Gasteiger partial charge in [-0.25, -0.2) is 9.97 Å². The summed E-state index contributed by atoms with van der Waals surface area (Å²) in [5, 5.41) is 3.20. The van der Waals surface area contributed by atoms with Gasteiger partial charge < -0.3 is 15.0 Å².